The van der Waals surface area contributed by atoms with E-state index in [9.17, 15) is 4.79 Å². The molecule has 0 unspecified atom stereocenters. The molecule has 0 bridgehead atoms. The lowest BCUT2D eigenvalue weighted by Crippen LogP contribution is -2.11. The normalized spacial score (nSPS) is 10.8. The fourth-order valence-electron chi connectivity index (χ4n) is 1.71. The number of H-pyrrole nitrogens is 1. The third-order valence-corrected chi connectivity index (χ3v) is 3.22. The van der Waals surface area contributed by atoms with Crippen molar-refractivity contribution in [2.24, 2.45) is 5.10 Å². The molecule has 21 heavy (non-hydrogen) atoms. The highest BCUT2D eigenvalue weighted by atomic mass is 79.9. The Labute approximate surface area is 130 Å². The van der Waals surface area contributed by atoms with Gasteiger partial charge in [0.1, 0.15) is 5.75 Å². The van der Waals surface area contributed by atoms with Crippen molar-refractivity contribution < 1.29 is 4.74 Å². The predicted octanol–water partition coefficient (Wildman–Crippen LogP) is 2.55. The molecular formula is C14H15BrN4O2. The van der Waals surface area contributed by atoms with Crippen LogP contribution in [0.15, 0.2) is 38.6 Å². The molecule has 1 aromatic carbocycles. The summed E-state index contributed by atoms with van der Waals surface area (Å²) in [5.74, 6) is 1.01. The summed E-state index contributed by atoms with van der Waals surface area (Å²) in [7, 11) is 1.60. The average molecular weight is 351 g/mol. The van der Waals surface area contributed by atoms with Crippen molar-refractivity contribution in [3.63, 3.8) is 0 Å². The van der Waals surface area contributed by atoms with E-state index in [0.29, 0.717) is 23.8 Å². The number of ether oxygens (including phenoxy) is 1. The zero-order chi connectivity index (χ0) is 15.2. The van der Waals surface area contributed by atoms with Crippen molar-refractivity contribution in [3.8, 4) is 5.75 Å². The summed E-state index contributed by atoms with van der Waals surface area (Å²) in [6.07, 6.45) is 2.28. The van der Waals surface area contributed by atoms with Gasteiger partial charge in [-0.05, 0) is 24.6 Å². The summed E-state index contributed by atoms with van der Waals surface area (Å²) in [6, 6.07) is 7.06. The van der Waals surface area contributed by atoms with E-state index in [-0.39, 0.29) is 5.56 Å². The molecule has 1 heterocycles. The van der Waals surface area contributed by atoms with Crippen molar-refractivity contribution in [2.75, 3.05) is 12.5 Å². The number of benzene rings is 1. The van der Waals surface area contributed by atoms with Crippen molar-refractivity contribution in [1.29, 1.82) is 0 Å². The maximum Gasteiger partial charge on any atom is 0.252 e. The number of hydrazone groups is 1. The molecule has 110 valence electrons. The van der Waals surface area contributed by atoms with Gasteiger partial charge >= 0.3 is 0 Å². The summed E-state index contributed by atoms with van der Waals surface area (Å²) >= 11 is 3.39. The van der Waals surface area contributed by atoms with Crippen LogP contribution >= 0.6 is 15.9 Å². The number of rotatable bonds is 5. The monoisotopic (exact) mass is 350 g/mol. The lowest BCUT2D eigenvalue weighted by atomic mass is 10.2. The quantitative estimate of drug-likeness (QED) is 0.641. The number of nitrogens with zero attached hydrogens (tertiary/aromatic N) is 2. The van der Waals surface area contributed by atoms with Gasteiger partial charge in [-0.25, -0.2) is 10.4 Å². The van der Waals surface area contributed by atoms with E-state index in [1.807, 2.05) is 25.1 Å². The lowest BCUT2D eigenvalue weighted by Gasteiger charge is -2.05. The minimum atomic E-state index is -0.209. The van der Waals surface area contributed by atoms with Crippen LogP contribution in [0.3, 0.4) is 0 Å². The van der Waals surface area contributed by atoms with E-state index in [0.717, 1.165) is 10.0 Å². The average Bonchev–Trinajstić information content (AvgIpc) is 2.47. The van der Waals surface area contributed by atoms with E-state index in [4.69, 9.17) is 4.74 Å². The number of methoxy groups -OCH3 is 1. The Morgan fingerprint density at radius 3 is 3.00 bits per heavy atom. The highest BCUT2D eigenvalue weighted by Gasteiger charge is 2.01. The second-order valence-corrected chi connectivity index (χ2v) is 5.11. The van der Waals surface area contributed by atoms with Gasteiger partial charge in [0, 0.05) is 21.8 Å². The first kappa shape index (κ1) is 15.2. The smallest absolute Gasteiger partial charge is 0.252 e. The van der Waals surface area contributed by atoms with Gasteiger partial charge in [-0.1, -0.05) is 22.9 Å². The SMILES string of the molecule is CCc1cc(=O)[nH]c(N/N=C\c2cc(Br)ccc2OC)n1. The number of aryl methyl sites for hydroxylation is 1. The van der Waals surface area contributed by atoms with Crippen LogP contribution in [0.1, 0.15) is 18.2 Å². The summed E-state index contributed by atoms with van der Waals surface area (Å²) in [5, 5.41) is 4.07. The predicted molar refractivity (Wildman–Crippen MR) is 86.1 cm³/mol. The number of hydrogen-bond acceptors (Lipinski definition) is 5. The molecule has 0 aliphatic rings. The zero-order valence-corrected chi connectivity index (χ0v) is 13.3. The molecule has 0 atom stereocenters. The molecular weight excluding hydrogens is 336 g/mol. The highest BCUT2D eigenvalue weighted by molar-refractivity contribution is 9.10. The fraction of sp³-hybridized carbons (Fsp3) is 0.214. The van der Waals surface area contributed by atoms with E-state index in [2.05, 4.69) is 36.4 Å². The minimum Gasteiger partial charge on any atom is -0.496 e. The van der Waals surface area contributed by atoms with Gasteiger partial charge in [-0.2, -0.15) is 5.10 Å². The second-order valence-electron chi connectivity index (χ2n) is 4.20. The first-order valence-corrected chi connectivity index (χ1v) is 7.14. The van der Waals surface area contributed by atoms with Gasteiger partial charge in [-0.3, -0.25) is 9.78 Å². The van der Waals surface area contributed by atoms with E-state index >= 15 is 0 Å². The largest absolute Gasteiger partial charge is 0.496 e. The second kappa shape index (κ2) is 7.03. The third kappa shape index (κ3) is 4.16. The van der Waals surface area contributed by atoms with Gasteiger partial charge < -0.3 is 4.74 Å². The summed E-state index contributed by atoms with van der Waals surface area (Å²) in [6.45, 7) is 1.93. The topological polar surface area (TPSA) is 79.4 Å². The van der Waals surface area contributed by atoms with Crippen LogP contribution in [-0.2, 0) is 6.42 Å². The molecule has 0 saturated carbocycles. The summed E-state index contributed by atoms with van der Waals surface area (Å²) < 4.78 is 6.17. The zero-order valence-electron chi connectivity index (χ0n) is 11.7. The molecule has 0 fully saturated rings. The first-order chi connectivity index (χ1) is 10.1. The maximum atomic E-state index is 11.4. The van der Waals surface area contributed by atoms with Crippen LogP contribution in [-0.4, -0.2) is 23.3 Å². The summed E-state index contributed by atoms with van der Waals surface area (Å²) in [5.41, 5.74) is 4.01. The van der Waals surface area contributed by atoms with E-state index in [1.54, 1.807) is 13.3 Å². The lowest BCUT2D eigenvalue weighted by molar-refractivity contribution is 0.414. The third-order valence-electron chi connectivity index (χ3n) is 2.72. The Balaban J connectivity index is 2.18. The molecule has 0 aliphatic carbocycles. The van der Waals surface area contributed by atoms with Crippen LogP contribution in [0.25, 0.3) is 0 Å². The van der Waals surface area contributed by atoms with Crippen molar-refractivity contribution >= 4 is 28.1 Å². The van der Waals surface area contributed by atoms with Gasteiger partial charge in [0.15, 0.2) is 0 Å². The fourth-order valence-corrected chi connectivity index (χ4v) is 2.09. The van der Waals surface area contributed by atoms with Crippen molar-refractivity contribution in [1.82, 2.24) is 9.97 Å². The molecule has 0 saturated heterocycles. The van der Waals surface area contributed by atoms with Crippen LogP contribution in [0.4, 0.5) is 5.95 Å². The molecule has 0 spiro atoms. The standard InChI is InChI=1S/C14H15BrN4O2/c1-3-11-7-13(20)18-14(17-11)19-16-8-9-6-10(15)4-5-12(9)21-2/h4-8H,3H2,1-2H3,(H2,17,18,19,20)/b16-8-. The van der Waals surface area contributed by atoms with Gasteiger partial charge in [-0.15, -0.1) is 0 Å². The van der Waals surface area contributed by atoms with Gasteiger partial charge in [0.25, 0.3) is 5.56 Å². The Bertz CT molecular complexity index is 712. The van der Waals surface area contributed by atoms with Gasteiger partial charge in [0.05, 0.1) is 13.3 Å². The Kier molecular flexibility index (Phi) is 5.10. The van der Waals surface area contributed by atoms with Crippen molar-refractivity contribution in [2.45, 2.75) is 13.3 Å². The molecule has 0 aliphatic heterocycles. The minimum absolute atomic E-state index is 0.209. The maximum absolute atomic E-state index is 11.4. The molecule has 0 radical (unpaired) electrons. The molecule has 7 heteroatoms. The Hall–Kier alpha value is -2.15. The van der Waals surface area contributed by atoms with Gasteiger partial charge in [0.2, 0.25) is 5.95 Å². The number of aromatic nitrogens is 2. The number of aromatic amines is 1. The highest BCUT2D eigenvalue weighted by Crippen LogP contribution is 2.21. The van der Waals surface area contributed by atoms with Crippen molar-refractivity contribution in [3.05, 3.63) is 50.3 Å². The van der Waals surface area contributed by atoms with E-state index < -0.39 is 0 Å². The number of nitrogens with one attached hydrogen (secondary N) is 2. The Morgan fingerprint density at radius 2 is 2.29 bits per heavy atom. The van der Waals surface area contributed by atoms with Crippen LogP contribution in [0, 0.1) is 0 Å². The van der Waals surface area contributed by atoms with E-state index in [1.165, 1.54) is 6.07 Å². The molecule has 2 N–H and O–H groups in total. The number of hydrogen-bond donors (Lipinski definition) is 2. The van der Waals surface area contributed by atoms with Crippen LogP contribution in [0.5, 0.6) is 5.75 Å². The molecule has 2 aromatic rings. The molecule has 0 amide bonds. The molecule has 2 rings (SSSR count). The number of anilines is 1. The summed E-state index contributed by atoms with van der Waals surface area (Å²) in [4.78, 5) is 18.2. The molecule has 6 nitrogen and oxygen atoms in total. The molecule has 1 aromatic heterocycles. The Morgan fingerprint density at radius 1 is 1.48 bits per heavy atom. The first-order valence-electron chi connectivity index (χ1n) is 6.35. The number of halogens is 1. The van der Waals surface area contributed by atoms with Crippen LogP contribution in [0.2, 0.25) is 0 Å². The van der Waals surface area contributed by atoms with Crippen LogP contribution < -0.4 is 15.7 Å².